The lowest BCUT2D eigenvalue weighted by molar-refractivity contribution is -0.118. The van der Waals surface area contributed by atoms with Gasteiger partial charge in [-0.05, 0) is 30.3 Å². The van der Waals surface area contributed by atoms with Crippen LogP contribution < -0.4 is 20.5 Å². The lowest BCUT2D eigenvalue weighted by Gasteiger charge is -2.11. The Morgan fingerprint density at radius 3 is 2.43 bits per heavy atom. The lowest BCUT2D eigenvalue weighted by atomic mass is 10.3. The Morgan fingerprint density at radius 1 is 1.17 bits per heavy atom. The highest BCUT2D eigenvalue weighted by Crippen LogP contribution is 2.23. The predicted molar refractivity (Wildman–Crippen MR) is 85.8 cm³/mol. The van der Waals surface area contributed by atoms with Gasteiger partial charge in [0.25, 0.3) is 0 Å². The molecule has 2 rings (SSSR count). The van der Waals surface area contributed by atoms with Gasteiger partial charge in [-0.25, -0.2) is 4.98 Å². The van der Waals surface area contributed by atoms with Crippen molar-refractivity contribution in [1.29, 1.82) is 0 Å². The van der Waals surface area contributed by atoms with Crippen molar-refractivity contribution in [3.05, 3.63) is 42.6 Å². The zero-order chi connectivity index (χ0) is 16.7. The van der Waals surface area contributed by atoms with Crippen LogP contribution in [0.15, 0.2) is 42.6 Å². The summed E-state index contributed by atoms with van der Waals surface area (Å²) >= 11 is 0. The van der Waals surface area contributed by atoms with Gasteiger partial charge in [0.2, 0.25) is 11.8 Å². The first-order valence-electron chi connectivity index (χ1n) is 6.95. The Balaban J connectivity index is 1.94. The van der Waals surface area contributed by atoms with Gasteiger partial charge in [-0.3, -0.25) is 4.79 Å². The molecule has 0 aliphatic heterocycles. The van der Waals surface area contributed by atoms with E-state index in [0.717, 1.165) is 5.75 Å². The Kier molecular flexibility index (Phi) is 5.90. The van der Waals surface area contributed by atoms with Crippen molar-refractivity contribution in [2.24, 2.45) is 5.73 Å². The Labute approximate surface area is 134 Å². The molecule has 1 atom stereocenters. The summed E-state index contributed by atoms with van der Waals surface area (Å²) in [5, 5.41) is 2.65. The first kappa shape index (κ1) is 16.7. The molecule has 0 bridgehead atoms. The first-order valence-corrected chi connectivity index (χ1v) is 6.95. The molecule has 7 nitrogen and oxygen atoms in total. The molecule has 0 radical (unpaired) electrons. The van der Waals surface area contributed by atoms with Crippen LogP contribution in [0.25, 0.3) is 0 Å². The van der Waals surface area contributed by atoms with Crippen LogP contribution in [0.3, 0.4) is 0 Å². The first-order chi connectivity index (χ1) is 11.1. The van der Waals surface area contributed by atoms with E-state index in [-0.39, 0.29) is 12.5 Å². The third-order valence-corrected chi connectivity index (χ3v) is 2.97. The van der Waals surface area contributed by atoms with Crippen LogP contribution in [-0.2, 0) is 9.53 Å². The molecule has 0 saturated carbocycles. The second-order valence-corrected chi connectivity index (χ2v) is 4.71. The lowest BCUT2D eigenvalue weighted by Crippen LogP contribution is -2.39. The number of nitrogens with two attached hydrogens (primary N) is 1. The molecule has 1 heterocycles. The van der Waals surface area contributed by atoms with Crippen LogP contribution in [0.4, 0.5) is 5.69 Å². The molecule has 0 fully saturated rings. The maximum Gasteiger partial charge on any atom is 0.243 e. The normalized spacial score (nSPS) is 11.6. The minimum absolute atomic E-state index is 0.151. The van der Waals surface area contributed by atoms with Crippen molar-refractivity contribution in [3.8, 4) is 17.4 Å². The molecule has 1 amide bonds. The number of aromatic nitrogens is 1. The monoisotopic (exact) mass is 317 g/mol. The van der Waals surface area contributed by atoms with E-state index in [1.807, 2.05) is 0 Å². The van der Waals surface area contributed by atoms with Crippen LogP contribution in [0, 0.1) is 0 Å². The number of benzene rings is 1. The van der Waals surface area contributed by atoms with E-state index in [4.69, 9.17) is 19.9 Å². The number of hydrogen-bond donors (Lipinski definition) is 2. The molecule has 122 valence electrons. The molecular formula is C16H19N3O4. The second kappa shape index (κ2) is 8.11. The molecule has 7 heteroatoms. The molecule has 0 aliphatic rings. The number of rotatable bonds is 7. The number of carbonyl (C=O) groups is 1. The number of carbonyl (C=O) groups excluding carboxylic acids is 1. The molecule has 0 saturated heterocycles. The summed E-state index contributed by atoms with van der Waals surface area (Å²) in [7, 11) is 3.09. The molecule has 2 aromatic rings. The van der Waals surface area contributed by atoms with Gasteiger partial charge in [-0.2, -0.15) is 0 Å². The summed E-state index contributed by atoms with van der Waals surface area (Å²) in [4.78, 5) is 15.9. The van der Waals surface area contributed by atoms with E-state index in [1.54, 1.807) is 43.5 Å². The van der Waals surface area contributed by atoms with Crippen molar-refractivity contribution in [1.82, 2.24) is 4.98 Å². The largest absolute Gasteiger partial charge is 0.497 e. The number of nitrogens with zero attached hydrogens (tertiary/aromatic N) is 1. The van der Waals surface area contributed by atoms with E-state index in [2.05, 4.69) is 10.3 Å². The molecule has 3 N–H and O–H groups in total. The standard InChI is InChI=1S/C16H19N3O4/c1-21-10-14(17)16(20)19-11-3-8-15(18-9-11)23-13-6-4-12(22-2)5-7-13/h3-9,14H,10,17H2,1-2H3,(H,19,20). The van der Waals surface area contributed by atoms with Gasteiger partial charge in [0, 0.05) is 13.2 Å². The highest BCUT2D eigenvalue weighted by atomic mass is 16.5. The summed E-state index contributed by atoms with van der Waals surface area (Å²) in [5.74, 6) is 1.46. The highest BCUT2D eigenvalue weighted by Gasteiger charge is 2.13. The topological polar surface area (TPSA) is 95.7 Å². The molecule has 1 aromatic heterocycles. The van der Waals surface area contributed by atoms with Crippen molar-refractivity contribution in [3.63, 3.8) is 0 Å². The van der Waals surface area contributed by atoms with Gasteiger partial charge < -0.3 is 25.3 Å². The average Bonchev–Trinajstić information content (AvgIpc) is 2.57. The van der Waals surface area contributed by atoms with Gasteiger partial charge in [0.1, 0.15) is 17.5 Å². The second-order valence-electron chi connectivity index (χ2n) is 4.71. The minimum atomic E-state index is -0.727. The number of nitrogens with one attached hydrogen (secondary N) is 1. The Bertz CT molecular complexity index is 629. The fourth-order valence-corrected chi connectivity index (χ4v) is 1.77. The zero-order valence-electron chi connectivity index (χ0n) is 13.0. The molecule has 0 spiro atoms. The number of pyridine rings is 1. The summed E-state index contributed by atoms with van der Waals surface area (Å²) in [6, 6.07) is 9.75. The van der Waals surface area contributed by atoms with E-state index in [9.17, 15) is 4.79 Å². The van der Waals surface area contributed by atoms with Crippen molar-refractivity contribution < 1.29 is 19.0 Å². The van der Waals surface area contributed by atoms with Crippen LogP contribution in [0.2, 0.25) is 0 Å². The average molecular weight is 317 g/mol. The number of methoxy groups -OCH3 is 2. The van der Waals surface area contributed by atoms with Crippen molar-refractivity contribution in [2.75, 3.05) is 26.1 Å². The Morgan fingerprint density at radius 2 is 1.87 bits per heavy atom. The van der Waals surface area contributed by atoms with Gasteiger partial charge in [0.15, 0.2) is 0 Å². The fourth-order valence-electron chi connectivity index (χ4n) is 1.77. The van der Waals surface area contributed by atoms with E-state index >= 15 is 0 Å². The van der Waals surface area contributed by atoms with Crippen LogP contribution in [-0.4, -0.2) is 37.8 Å². The van der Waals surface area contributed by atoms with Crippen LogP contribution >= 0.6 is 0 Å². The van der Waals surface area contributed by atoms with Crippen LogP contribution in [0.1, 0.15) is 0 Å². The summed E-state index contributed by atoms with van der Waals surface area (Å²) in [6.07, 6.45) is 1.50. The summed E-state index contributed by atoms with van der Waals surface area (Å²) in [6.45, 7) is 0.151. The molecule has 0 aliphatic carbocycles. The van der Waals surface area contributed by atoms with Crippen molar-refractivity contribution in [2.45, 2.75) is 6.04 Å². The summed E-state index contributed by atoms with van der Waals surface area (Å²) < 4.78 is 15.5. The SMILES string of the molecule is COCC(N)C(=O)Nc1ccc(Oc2ccc(OC)cc2)nc1. The number of ether oxygens (including phenoxy) is 3. The van der Waals surface area contributed by atoms with E-state index in [1.165, 1.54) is 13.3 Å². The maximum absolute atomic E-state index is 11.8. The number of amides is 1. The Hall–Kier alpha value is -2.64. The third kappa shape index (κ3) is 4.94. The van der Waals surface area contributed by atoms with Gasteiger partial charge in [0.05, 0.1) is 25.6 Å². The quantitative estimate of drug-likeness (QED) is 0.808. The predicted octanol–water partition coefficient (Wildman–Crippen LogP) is 1.79. The fraction of sp³-hybridized carbons (Fsp3) is 0.250. The number of hydrogen-bond acceptors (Lipinski definition) is 6. The molecule has 1 aromatic carbocycles. The van der Waals surface area contributed by atoms with E-state index in [0.29, 0.717) is 17.3 Å². The van der Waals surface area contributed by atoms with Gasteiger partial charge in [-0.15, -0.1) is 0 Å². The van der Waals surface area contributed by atoms with Crippen LogP contribution in [0.5, 0.6) is 17.4 Å². The van der Waals surface area contributed by atoms with Crippen molar-refractivity contribution >= 4 is 11.6 Å². The van der Waals surface area contributed by atoms with E-state index < -0.39 is 6.04 Å². The maximum atomic E-state index is 11.8. The zero-order valence-corrected chi connectivity index (χ0v) is 13.0. The highest BCUT2D eigenvalue weighted by molar-refractivity contribution is 5.94. The number of anilines is 1. The molecule has 23 heavy (non-hydrogen) atoms. The molecular weight excluding hydrogens is 298 g/mol. The molecule has 1 unspecified atom stereocenters. The summed E-state index contributed by atoms with van der Waals surface area (Å²) in [5.41, 5.74) is 6.17. The third-order valence-electron chi connectivity index (χ3n) is 2.97. The van der Waals surface area contributed by atoms with Gasteiger partial charge in [-0.1, -0.05) is 0 Å². The smallest absolute Gasteiger partial charge is 0.243 e. The van der Waals surface area contributed by atoms with Gasteiger partial charge >= 0.3 is 0 Å². The minimum Gasteiger partial charge on any atom is -0.497 e.